The number of anilines is 1. The number of fused-ring (bicyclic) bond motifs is 1. The van der Waals surface area contributed by atoms with Crippen LogP contribution in [0.1, 0.15) is 67.5 Å². The minimum absolute atomic E-state index is 0.203. The van der Waals surface area contributed by atoms with E-state index in [2.05, 4.69) is 107 Å². The number of hydrogen-bond acceptors (Lipinski definition) is 4. The Bertz CT molecular complexity index is 1110. The van der Waals surface area contributed by atoms with Crippen LogP contribution in [0.3, 0.4) is 0 Å². The Kier molecular flexibility index (Phi) is 8.15. The first kappa shape index (κ1) is 25.3. The number of rotatable bonds is 10. The van der Waals surface area contributed by atoms with Crippen molar-refractivity contribution in [3.63, 3.8) is 0 Å². The fraction of sp³-hybridized carbons (Fsp3) is 0.419. The van der Waals surface area contributed by atoms with Crippen LogP contribution in [0.2, 0.25) is 0 Å². The second-order valence-electron chi connectivity index (χ2n) is 10.1. The summed E-state index contributed by atoms with van der Waals surface area (Å²) >= 11 is 0. The summed E-state index contributed by atoms with van der Waals surface area (Å²) in [6.45, 7) is 12.6. The van der Waals surface area contributed by atoms with Crippen LogP contribution in [0.25, 0.3) is 0 Å². The van der Waals surface area contributed by atoms with Crippen molar-refractivity contribution in [2.24, 2.45) is 0 Å². The molecule has 2 atom stereocenters. The number of benzene rings is 3. The monoisotopic (exact) mass is 473 g/mol. The van der Waals surface area contributed by atoms with Crippen molar-refractivity contribution in [3.8, 4) is 5.75 Å². The molecular weight excluding hydrogens is 434 g/mol. The van der Waals surface area contributed by atoms with Crippen LogP contribution in [-0.2, 0) is 22.6 Å². The SMILES string of the molecule is CCCCOC1c2cc(NCc3ccccc3C)ccc2OC(C)(C)C1OCc1ccc(C)cc1. The van der Waals surface area contributed by atoms with E-state index in [1.807, 2.05) is 0 Å². The largest absolute Gasteiger partial charge is 0.485 e. The molecule has 4 rings (SSSR count). The Labute approximate surface area is 210 Å². The molecule has 1 heterocycles. The Morgan fingerprint density at radius 2 is 1.71 bits per heavy atom. The lowest BCUT2D eigenvalue weighted by Gasteiger charge is -2.44. The quantitative estimate of drug-likeness (QED) is 0.309. The van der Waals surface area contributed by atoms with Crippen LogP contribution >= 0.6 is 0 Å². The highest BCUT2D eigenvalue weighted by Crippen LogP contribution is 2.44. The predicted molar refractivity (Wildman–Crippen MR) is 143 cm³/mol. The fourth-order valence-electron chi connectivity index (χ4n) is 4.54. The summed E-state index contributed by atoms with van der Waals surface area (Å²) in [6, 6.07) is 23.3. The highest BCUT2D eigenvalue weighted by Gasteiger charge is 2.45. The van der Waals surface area contributed by atoms with E-state index in [0.29, 0.717) is 13.2 Å². The molecule has 0 aromatic heterocycles. The molecule has 0 radical (unpaired) electrons. The van der Waals surface area contributed by atoms with Crippen LogP contribution in [-0.4, -0.2) is 18.3 Å². The zero-order chi connectivity index (χ0) is 24.8. The van der Waals surface area contributed by atoms with Gasteiger partial charge >= 0.3 is 0 Å². The molecule has 0 aliphatic carbocycles. The molecule has 2 unspecified atom stereocenters. The molecule has 3 aromatic rings. The van der Waals surface area contributed by atoms with E-state index in [1.54, 1.807) is 0 Å². The standard InChI is InChI=1S/C31H39NO3/c1-6-7-18-33-29-27-19-26(32-20-25-11-9-8-10-23(25)3)16-17-28(27)35-31(4,5)30(29)34-21-24-14-12-22(2)13-15-24/h8-17,19,29-30,32H,6-7,18,20-21H2,1-5H3. The van der Waals surface area contributed by atoms with Gasteiger partial charge in [0, 0.05) is 24.4 Å². The molecule has 0 fully saturated rings. The smallest absolute Gasteiger partial charge is 0.132 e. The Balaban J connectivity index is 1.58. The zero-order valence-electron chi connectivity index (χ0n) is 21.8. The lowest BCUT2D eigenvalue weighted by atomic mass is 9.87. The number of aryl methyl sites for hydroxylation is 2. The van der Waals surface area contributed by atoms with Crippen LogP contribution < -0.4 is 10.1 Å². The molecule has 0 saturated heterocycles. The highest BCUT2D eigenvalue weighted by atomic mass is 16.6. The molecular formula is C31H39NO3. The minimum atomic E-state index is -0.523. The van der Waals surface area contributed by atoms with Crippen molar-refractivity contribution in [2.75, 3.05) is 11.9 Å². The van der Waals surface area contributed by atoms with Gasteiger partial charge in [0.2, 0.25) is 0 Å². The van der Waals surface area contributed by atoms with Gasteiger partial charge in [-0.3, -0.25) is 0 Å². The van der Waals surface area contributed by atoms with Gasteiger partial charge in [0.05, 0.1) is 6.61 Å². The van der Waals surface area contributed by atoms with Crippen LogP contribution in [0.4, 0.5) is 5.69 Å². The van der Waals surface area contributed by atoms with Crippen molar-refractivity contribution >= 4 is 5.69 Å². The van der Waals surface area contributed by atoms with Gasteiger partial charge in [-0.1, -0.05) is 67.4 Å². The van der Waals surface area contributed by atoms with E-state index in [0.717, 1.165) is 42.0 Å². The van der Waals surface area contributed by atoms with Gasteiger partial charge in [0.15, 0.2) is 0 Å². The van der Waals surface area contributed by atoms with Gasteiger partial charge < -0.3 is 19.5 Å². The maximum atomic E-state index is 6.54. The Morgan fingerprint density at radius 1 is 0.943 bits per heavy atom. The van der Waals surface area contributed by atoms with Gasteiger partial charge in [-0.25, -0.2) is 0 Å². The second kappa shape index (κ2) is 11.3. The summed E-state index contributed by atoms with van der Waals surface area (Å²) < 4.78 is 19.5. The third-order valence-electron chi connectivity index (χ3n) is 6.74. The summed E-state index contributed by atoms with van der Waals surface area (Å²) in [5.74, 6) is 0.869. The minimum Gasteiger partial charge on any atom is -0.485 e. The molecule has 4 heteroatoms. The molecule has 4 nitrogen and oxygen atoms in total. The molecule has 35 heavy (non-hydrogen) atoms. The van der Waals surface area contributed by atoms with Crippen molar-refractivity contribution in [2.45, 2.75) is 78.4 Å². The van der Waals surface area contributed by atoms with E-state index < -0.39 is 5.60 Å². The first-order valence-electron chi connectivity index (χ1n) is 12.8. The topological polar surface area (TPSA) is 39.7 Å². The summed E-state index contributed by atoms with van der Waals surface area (Å²) in [5, 5.41) is 3.59. The van der Waals surface area contributed by atoms with E-state index in [1.165, 1.54) is 16.7 Å². The summed E-state index contributed by atoms with van der Waals surface area (Å²) in [7, 11) is 0. The predicted octanol–water partition coefficient (Wildman–Crippen LogP) is 7.53. The van der Waals surface area contributed by atoms with Crippen LogP contribution in [0.15, 0.2) is 66.7 Å². The lowest BCUT2D eigenvalue weighted by molar-refractivity contribution is -0.167. The van der Waals surface area contributed by atoms with Gasteiger partial charge in [-0.15, -0.1) is 0 Å². The summed E-state index contributed by atoms with van der Waals surface area (Å²) in [4.78, 5) is 0. The Hall–Kier alpha value is -2.82. The highest BCUT2D eigenvalue weighted by molar-refractivity contribution is 5.54. The number of hydrogen-bond donors (Lipinski definition) is 1. The van der Waals surface area contributed by atoms with Gasteiger partial charge in [-0.05, 0) is 69.0 Å². The van der Waals surface area contributed by atoms with Gasteiger partial charge in [-0.2, -0.15) is 0 Å². The van der Waals surface area contributed by atoms with Crippen molar-refractivity contribution < 1.29 is 14.2 Å². The molecule has 1 N–H and O–H groups in total. The van der Waals surface area contributed by atoms with Crippen molar-refractivity contribution in [1.29, 1.82) is 0 Å². The molecule has 3 aromatic carbocycles. The van der Waals surface area contributed by atoms with Gasteiger partial charge in [0.25, 0.3) is 0 Å². The fourth-order valence-corrected chi connectivity index (χ4v) is 4.54. The Morgan fingerprint density at radius 3 is 2.46 bits per heavy atom. The van der Waals surface area contributed by atoms with Crippen molar-refractivity contribution in [3.05, 3.63) is 94.5 Å². The summed E-state index contributed by atoms with van der Waals surface area (Å²) in [5.41, 5.74) is 6.55. The molecule has 0 amide bonds. The number of ether oxygens (including phenoxy) is 3. The first-order chi connectivity index (χ1) is 16.9. The second-order valence-corrected chi connectivity index (χ2v) is 10.1. The van der Waals surface area contributed by atoms with Crippen LogP contribution in [0.5, 0.6) is 5.75 Å². The van der Waals surface area contributed by atoms with E-state index >= 15 is 0 Å². The normalized spacial score (nSPS) is 18.5. The third kappa shape index (κ3) is 6.25. The molecule has 0 bridgehead atoms. The average Bonchev–Trinajstić information content (AvgIpc) is 2.84. The van der Waals surface area contributed by atoms with E-state index in [9.17, 15) is 0 Å². The van der Waals surface area contributed by atoms with E-state index in [-0.39, 0.29) is 12.2 Å². The maximum Gasteiger partial charge on any atom is 0.132 e. The third-order valence-corrected chi connectivity index (χ3v) is 6.74. The zero-order valence-corrected chi connectivity index (χ0v) is 21.8. The first-order valence-corrected chi connectivity index (χ1v) is 12.8. The summed E-state index contributed by atoms with van der Waals surface area (Å²) in [6.07, 6.45) is 1.67. The molecule has 0 spiro atoms. The number of unbranched alkanes of at least 4 members (excludes halogenated alkanes) is 1. The number of nitrogens with one attached hydrogen (secondary N) is 1. The van der Waals surface area contributed by atoms with Crippen molar-refractivity contribution in [1.82, 2.24) is 0 Å². The molecule has 1 aliphatic rings. The van der Waals surface area contributed by atoms with Gasteiger partial charge in [0.1, 0.15) is 23.6 Å². The molecule has 1 aliphatic heterocycles. The van der Waals surface area contributed by atoms with Crippen LogP contribution in [0, 0.1) is 13.8 Å². The average molecular weight is 474 g/mol. The van der Waals surface area contributed by atoms with E-state index in [4.69, 9.17) is 14.2 Å². The molecule has 186 valence electrons. The lowest BCUT2D eigenvalue weighted by Crippen LogP contribution is -2.51. The maximum absolute atomic E-state index is 6.54. The molecule has 0 saturated carbocycles.